The number of halogens is 2. The van der Waals surface area contributed by atoms with Crippen LogP contribution >= 0.6 is 0 Å². The highest BCUT2D eigenvalue weighted by Gasteiger charge is 2.30. The standard InChI is InChI=1S/C16H21F2N3O3/c1-19-9-8-14(22)20-13-3-2-10-21(15(13)23)11-4-6-12(7-5-11)24-16(17)18/h4-7,13,16,19H,2-3,8-10H2,1H3,(H,20,22). The first-order valence-corrected chi connectivity index (χ1v) is 7.81. The molecule has 1 saturated heterocycles. The molecule has 2 amide bonds. The van der Waals surface area contributed by atoms with Crippen LogP contribution in [0.5, 0.6) is 5.75 Å². The van der Waals surface area contributed by atoms with Crippen molar-refractivity contribution in [3.05, 3.63) is 24.3 Å². The number of rotatable bonds is 7. The van der Waals surface area contributed by atoms with Gasteiger partial charge in [-0.25, -0.2) is 0 Å². The number of benzene rings is 1. The smallest absolute Gasteiger partial charge is 0.387 e. The summed E-state index contributed by atoms with van der Waals surface area (Å²) >= 11 is 0. The van der Waals surface area contributed by atoms with E-state index in [1.807, 2.05) is 0 Å². The van der Waals surface area contributed by atoms with E-state index in [1.165, 1.54) is 12.1 Å². The Morgan fingerprint density at radius 1 is 1.38 bits per heavy atom. The Morgan fingerprint density at radius 2 is 2.08 bits per heavy atom. The molecule has 1 fully saturated rings. The van der Waals surface area contributed by atoms with Crippen LogP contribution in [0.2, 0.25) is 0 Å². The van der Waals surface area contributed by atoms with Gasteiger partial charge in [0.05, 0.1) is 0 Å². The Hall–Kier alpha value is -2.22. The molecule has 1 aromatic carbocycles. The molecule has 1 aliphatic heterocycles. The van der Waals surface area contributed by atoms with Gasteiger partial charge in [0, 0.05) is 25.2 Å². The van der Waals surface area contributed by atoms with Crippen molar-refractivity contribution < 1.29 is 23.1 Å². The number of carbonyl (C=O) groups excluding carboxylic acids is 2. The zero-order valence-corrected chi connectivity index (χ0v) is 13.4. The van der Waals surface area contributed by atoms with Gasteiger partial charge in [-0.05, 0) is 44.2 Å². The third-order valence-corrected chi connectivity index (χ3v) is 3.75. The molecular weight excluding hydrogens is 320 g/mol. The number of amides is 2. The molecule has 0 aromatic heterocycles. The summed E-state index contributed by atoms with van der Waals surface area (Å²) in [5.74, 6) is -0.332. The normalized spacial score (nSPS) is 17.9. The van der Waals surface area contributed by atoms with E-state index in [0.29, 0.717) is 31.6 Å². The van der Waals surface area contributed by atoms with Gasteiger partial charge in [0.2, 0.25) is 11.8 Å². The first-order valence-electron chi connectivity index (χ1n) is 7.81. The van der Waals surface area contributed by atoms with E-state index < -0.39 is 12.7 Å². The number of carbonyl (C=O) groups is 2. The molecule has 2 N–H and O–H groups in total. The molecule has 132 valence electrons. The van der Waals surface area contributed by atoms with Gasteiger partial charge in [0.15, 0.2) is 0 Å². The first kappa shape index (κ1) is 18.1. The van der Waals surface area contributed by atoms with Gasteiger partial charge >= 0.3 is 6.61 Å². The van der Waals surface area contributed by atoms with Crippen molar-refractivity contribution in [3.63, 3.8) is 0 Å². The van der Waals surface area contributed by atoms with Crippen LogP contribution in [0.3, 0.4) is 0 Å². The minimum atomic E-state index is -2.88. The Bertz CT molecular complexity index is 566. The number of nitrogens with zero attached hydrogens (tertiary/aromatic N) is 1. The van der Waals surface area contributed by atoms with Crippen LogP contribution in [-0.2, 0) is 9.59 Å². The average molecular weight is 341 g/mol. The summed E-state index contributed by atoms with van der Waals surface area (Å²) in [5.41, 5.74) is 0.593. The van der Waals surface area contributed by atoms with Gasteiger partial charge < -0.3 is 20.3 Å². The monoisotopic (exact) mass is 341 g/mol. The van der Waals surface area contributed by atoms with E-state index >= 15 is 0 Å². The number of alkyl halides is 2. The molecule has 6 nitrogen and oxygen atoms in total. The molecule has 2 rings (SSSR count). The van der Waals surface area contributed by atoms with Crippen LogP contribution in [-0.4, -0.2) is 44.6 Å². The Labute approximate surface area is 139 Å². The number of hydrogen-bond donors (Lipinski definition) is 2. The average Bonchev–Trinajstić information content (AvgIpc) is 2.55. The van der Waals surface area contributed by atoms with Gasteiger partial charge in [-0.1, -0.05) is 0 Å². The largest absolute Gasteiger partial charge is 0.435 e. The summed E-state index contributed by atoms with van der Waals surface area (Å²) in [6, 6.07) is 5.34. The summed E-state index contributed by atoms with van der Waals surface area (Å²) in [6.45, 7) is -1.82. The Kier molecular flexibility index (Phi) is 6.48. The van der Waals surface area contributed by atoms with Crippen LogP contribution in [0.15, 0.2) is 24.3 Å². The summed E-state index contributed by atoms with van der Waals surface area (Å²) in [6.07, 6.45) is 1.64. The maximum absolute atomic E-state index is 12.5. The SMILES string of the molecule is CNCCC(=O)NC1CCCN(c2ccc(OC(F)F)cc2)C1=O. The highest BCUT2D eigenvalue weighted by atomic mass is 19.3. The van der Waals surface area contributed by atoms with Crippen LogP contribution in [0.1, 0.15) is 19.3 Å². The van der Waals surface area contributed by atoms with Gasteiger partial charge in [0.25, 0.3) is 0 Å². The quantitative estimate of drug-likeness (QED) is 0.789. The van der Waals surface area contributed by atoms with Crippen molar-refractivity contribution >= 4 is 17.5 Å². The lowest BCUT2D eigenvalue weighted by atomic mass is 10.0. The van der Waals surface area contributed by atoms with Crippen molar-refractivity contribution in [1.82, 2.24) is 10.6 Å². The molecule has 1 atom stereocenters. The fourth-order valence-corrected chi connectivity index (χ4v) is 2.58. The zero-order valence-electron chi connectivity index (χ0n) is 13.4. The number of ether oxygens (including phenoxy) is 1. The number of hydrogen-bond acceptors (Lipinski definition) is 4. The second-order valence-electron chi connectivity index (χ2n) is 5.48. The lowest BCUT2D eigenvalue weighted by Crippen LogP contribution is -2.52. The fraction of sp³-hybridized carbons (Fsp3) is 0.500. The maximum Gasteiger partial charge on any atom is 0.387 e. The van der Waals surface area contributed by atoms with Gasteiger partial charge in [0.1, 0.15) is 11.8 Å². The zero-order chi connectivity index (χ0) is 17.5. The van der Waals surface area contributed by atoms with E-state index in [-0.39, 0.29) is 17.6 Å². The number of piperidine rings is 1. The van der Waals surface area contributed by atoms with E-state index in [1.54, 1.807) is 24.1 Å². The van der Waals surface area contributed by atoms with Crippen LogP contribution in [0.25, 0.3) is 0 Å². The molecule has 0 radical (unpaired) electrons. The molecule has 1 aromatic rings. The fourth-order valence-electron chi connectivity index (χ4n) is 2.58. The van der Waals surface area contributed by atoms with E-state index in [9.17, 15) is 18.4 Å². The molecule has 1 aliphatic rings. The van der Waals surface area contributed by atoms with Crippen LogP contribution in [0, 0.1) is 0 Å². The van der Waals surface area contributed by atoms with E-state index in [2.05, 4.69) is 15.4 Å². The minimum absolute atomic E-state index is 0.0372. The summed E-state index contributed by atoms with van der Waals surface area (Å²) in [7, 11) is 1.75. The van der Waals surface area contributed by atoms with Gasteiger partial charge in [-0.3, -0.25) is 9.59 Å². The van der Waals surface area contributed by atoms with Crippen molar-refractivity contribution in [3.8, 4) is 5.75 Å². The molecule has 0 spiro atoms. The Balaban J connectivity index is 2.00. The summed E-state index contributed by atoms with van der Waals surface area (Å²) in [5, 5.41) is 5.63. The molecule has 0 bridgehead atoms. The molecular formula is C16H21F2N3O3. The topological polar surface area (TPSA) is 70.7 Å². The second kappa shape index (κ2) is 8.58. The lowest BCUT2D eigenvalue weighted by Gasteiger charge is -2.32. The molecule has 1 heterocycles. The van der Waals surface area contributed by atoms with Gasteiger partial charge in [-0.2, -0.15) is 8.78 Å². The summed E-state index contributed by atoms with van der Waals surface area (Å²) < 4.78 is 28.6. The van der Waals surface area contributed by atoms with Crippen LogP contribution < -0.4 is 20.3 Å². The summed E-state index contributed by atoms with van der Waals surface area (Å²) in [4.78, 5) is 25.9. The number of nitrogens with one attached hydrogen (secondary N) is 2. The van der Waals surface area contributed by atoms with E-state index in [0.717, 1.165) is 6.42 Å². The molecule has 0 aliphatic carbocycles. The van der Waals surface area contributed by atoms with Crippen molar-refractivity contribution in [2.45, 2.75) is 31.9 Å². The second-order valence-corrected chi connectivity index (χ2v) is 5.48. The van der Waals surface area contributed by atoms with Crippen LogP contribution in [0.4, 0.5) is 14.5 Å². The molecule has 8 heteroatoms. The Morgan fingerprint density at radius 3 is 2.71 bits per heavy atom. The van der Waals surface area contributed by atoms with Crippen molar-refractivity contribution in [2.24, 2.45) is 0 Å². The number of anilines is 1. The lowest BCUT2D eigenvalue weighted by molar-refractivity contribution is -0.128. The third-order valence-electron chi connectivity index (χ3n) is 3.75. The first-order chi connectivity index (χ1) is 11.5. The predicted octanol–water partition coefficient (Wildman–Crippen LogP) is 1.51. The van der Waals surface area contributed by atoms with Crippen molar-refractivity contribution in [2.75, 3.05) is 25.0 Å². The highest BCUT2D eigenvalue weighted by Crippen LogP contribution is 2.24. The van der Waals surface area contributed by atoms with Crippen molar-refractivity contribution in [1.29, 1.82) is 0 Å². The highest BCUT2D eigenvalue weighted by molar-refractivity contribution is 5.99. The molecule has 1 unspecified atom stereocenters. The predicted molar refractivity (Wildman–Crippen MR) is 85.1 cm³/mol. The minimum Gasteiger partial charge on any atom is -0.435 e. The molecule has 24 heavy (non-hydrogen) atoms. The third kappa shape index (κ3) is 4.89. The van der Waals surface area contributed by atoms with E-state index in [4.69, 9.17) is 0 Å². The maximum atomic E-state index is 12.5. The van der Waals surface area contributed by atoms with Gasteiger partial charge in [-0.15, -0.1) is 0 Å². The molecule has 0 saturated carbocycles.